The highest BCUT2D eigenvalue weighted by atomic mass is 32.2. The number of nitrogens with zero attached hydrogens (tertiary/aromatic N) is 4. The van der Waals surface area contributed by atoms with E-state index in [1.54, 1.807) is 18.3 Å². The van der Waals surface area contributed by atoms with Gasteiger partial charge in [-0.3, -0.25) is 4.79 Å². The highest BCUT2D eigenvalue weighted by molar-refractivity contribution is 7.99. The van der Waals surface area contributed by atoms with Crippen molar-refractivity contribution < 1.29 is 9.53 Å². The SMILES string of the molecule is Cc1ccc(C(C)C)c(OCc2nnc(SCC(=O)Nc3ccccn3)n2C)c1. The molecule has 0 radical (unpaired) electrons. The fraction of sp³-hybridized carbons (Fsp3) is 0.333. The number of aromatic nitrogens is 4. The Morgan fingerprint density at radius 1 is 1.24 bits per heavy atom. The van der Waals surface area contributed by atoms with Crippen molar-refractivity contribution >= 4 is 23.5 Å². The molecular formula is C21H25N5O2S. The number of thioether (sulfide) groups is 1. The maximum absolute atomic E-state index is 12.1. The van der Waals surface area contributed by atoms with Gasteiger partial charge in [-0.2, -0.15) is 0 Å². The van der Waals surface area contributed by atoms with Gasteiger partial charge in [0.2, 0.25) is 5.91 Å². The number of carbonyl (C=O) groups excluding carboxylic acids is 1. The topological polar surface area (TPSA) is 81.9 Å². The van der Waals surface area contributed by atoms with Gasteiger partial charge in [0.05, 0.1) is 5.75 Å². The first-order valence-corrected chi connectivity index (χ1v) is 10.4. The number of amides is 1. The number of anilines is 1. The van der Waals surface area contributed by atoms with Crippen molar-refractivity contribution in [3.8, 4) is 5.75 Å². The van der Waals surface area contributed by atoms with Gasteiger partial charge in [-0.25, -0.2) is 4.98 Å². The van der Waals surface area contributed by atoms with E-state index >= 15 is 0 Å². The Bertz CT molecular complexity index is 972. The van der Waals surface area contributed by atoms with Gasteiger partial charge in [0, 0.05) is 13.2 Å². The van der Waals surface area contributed by atoms with Crippen molar-refractivity contribution in [1.82, 2.24) is 19.7 Å². The Morgan fingerprint density at radius 2 is 2.07 bits per heavy atom. The Morgan fingerprint density at radius 3 is 2.79 bits per heavy atom. The van der Waals surface area contributed by atoms with E-state index in [9.17, 15) is 4.79 Å². The second-order valence-corrected chi connectivity index (χ2v) is 7.94. The first-order valence-electron chi connectivity index (χ1n) is 9.39. The van der Waals surface area contributed by atoms with Crippen molar-refractivity contribution in [3.05, 3.63) is 59.5 Å². The zero-order chi connectivity index (χ0) is 20.8. The molecule has 1 aromatic carbocycles. The monoisotopic (exact) mass is 411 g/mol. The third kappa shape index (κ3) is 5.57. The molecule has 3 aromatic rings. The lowest BCUT2D eigenvalue weighted by Crippen LogP contribution is -2.15. The molecule has 7 nitrogen and oxygen atoms in total. The van der Waals surface area contributed by atoms with Crippen molar-refractivity contribution in [1.29, 1.82) is 0 Å². The minimum Gasteiger partial charge on any atom is -0.485 e. The van der Waals surface area contributed by atoms with Gasteiger partial charge in [0.1, 0.15) is 18.2 Å². The molecule has 0 unspecified atom stereocenters. The summed E-state index contributed by atoms with van der Waals surface area (Å²) in [6, 6.07) is 11.6. The predicted octanol–water partition coefficient (Wildman–Crippen LogP) is 3.95. The van der Waals surface area contributed by atoms with E-state index in [-0.39, 0.29) is 11.7 Å². The number of rotatable bonds is 8. The number of pyridine rings is 1. The summed E-state index contributed by atoms with van der Waals surface area (Å²) in [7, 11) is 1.87. The largest absolute Gasteiger partial charge is 0.485 e. The summed E-state index contributed by atoms with van der Waals surface area (Å²) in [4.78, 5) is 16.2. The van der Waals surface area contributed by atoms with E-state index < -0.39 is 0 Å². The molecule has 0 spiro atoms. The van der Waals surface area contributed by atoms with E-state index in [4.69, 9.17) is 4.74 Å². The van der Waals surface area contributed by atoms with Crippen LogP contribution in [0.2, 0.25) is 0 Å². The standard InChI is InChI=1S/C21H25N5O2S/c1-14(2)16-9-8-15(3)11-17(16)28-12-19-24-25-21(26(19)4)29-13-20(27)23-18-7-5-6-10-22-18/h5-11,14H,12-13H2,1-4H3,(H,22,23,27). The van der Waals surface area contributed by atoms with Crippen LogP contribution in [0.1, 0.15) is 36.7 Å². The van der Waals surface area contributed by atoms with Crippen LogP contribution >= 0.6 is 11.8 Å². The molecule has 1 amide bonds. The van der Waals surface area contributed by atoms with Crippen LogP contribution in [-0.2, 0) is 18.4 Å². The van der Waals surface area contributed by atoms with Gasteiger partial charge in [0.15, 0.2) is 11.0 Å². The number of benzene rings is 1. The Kier molecular flexibility index (Phi) is 6.87. The van der Waals surface area contributed by atoms with Crippen molar-refractivity contribution in [2.75, 3.05) is 11.1 Å². The van der Waals surface area contributed by atoms with E-state index in [2.05, 4.69) is 46.5 Å². The smallest absolute Gasteiger partial charge is 0.236 e. The third-order valence-electron chi connectivity index (χ3n) is 4.34. The highest BCUT2D eigenvalue weighted by Crippen LogP contribution is 2.28. The van der Waals surface area contributed by atoms with E-state index in [1.165, 1.54) is 17.3 Å². The average Bonchev–Trinajstić information content (AvgIpc) is 3.05. The fourth-order valence-corrected chi connectivity index (χ4v) is 3.46. The maximum atomic E-state index is 12.1. The average molecular weight is 412 g/mol. The van der Waals surface area contributed by atoms with Crippen LogP contribution in [0.25, 0.3) is 0 Å². The summed E-state index contributed by atoms with van der Waals surface area (Å²) < 4.78 is 7.89. The molecule has 8 heteroatoms. The van der Waals surface area contributed by atoms with Gasteiger partial charge in [-0.1, -0.05) is 43.8 Å². The minimum atomic E-state index is -0.143. The third-order valence-corrected chi connectivity index (χ3v) is 5.36. The van der Waals surface area contributed by atoms with Crippen LogP contribution in [-0.4, -0.2) is 31.4 Å². The highest BCUT2D eigenvalue weighted by Gasteiger charge is 2.14. The van der Waals surface area contributed by atoms with Gasteiger partial charge >= 0.3 is 0 Å². The van der Waals surface area contributed by atoms with Gasteiger partial charge in [-0.15, -0.1) is 10.2 Å². The first kappa shape index (κ1) is 20.9. The number of carbonyl (C=O) groups is 1. The molecule has 0 saturated heterocycles. The van der Waals surface area contributed by atoms with E-state index in [0.717, 1.165) is 11.3 Å². The lowest BCUT2D eigenvalue weighted by molar-refractivity contribution is -0.113. The first-order chi connectivity index (χ1) is 13.9. The molecule has 0 bridgehead atoms. The van der Waals surface area contributed by atoms with Crippen LogP contribution in [0, 0.1) is 6.92 Å². The molecule has 0 aliphatic rings. The molecule has 2 aromatic heterocycles. The maximum Gasteiger partial charge on any atom is 0.236 e. The Hall–Kier alpha value is -2.87. The van der Waals surface area contributed by atoms with Crippen LogP contribution in [0.5, 0.6) is 5.75 Å². The second-order valence-electron chi connectivity index (χ2n) is 6.99. The molecule has 1 N–H and O–H groups in total. The van der Waals surface area contributed by atoms with Crippen LogP contribution in [0.3, 0.4) is 0 Å². The molecule has 0 atom stereocenters. The molecule has 152 valence electrons. The molecule has 0 aliphatic carbocycles. The summed E-state index contributed by atoms with van der Waals surface area (Å²) >= 11 is 1.32. The molecule has 29 heavy (non-hydrogen) atoms. The van der Waals surface area contributed by atoms with Crippen LogP contribution in [0.4, 0.5) is 5.82 Å². The van der Waals surface area contributed by atoms with Crippen molar-refractivity contribution in [2.24, 2.45) is 7.05 Å². The predicted molar refractivity (Wildman–Crippen MR) is 114 cm³/mol. The summed E-state index contributed by atoms with van der Waals surface area (Å²) in [6.45, 7) is 6.65. The summed E-state index contributed by atoms with van der Waals surface area (Å²) in [6.07, 6.45) is 1.64. The van der Waals surface area contributed by atoms with Crippen molar-refractivity contribution in [2.45, 2.75) is 38.5 Å². The van der Waals surface area contributed by atoms with E-state index in [0.29, 0.717) is 29.3 Å². The normalized spacial score (nSPS) is 10.9. The molecule has 0 aliphatic heterocycles. The zero-order valence-corrected chi connectivity index (χ0v) is 17.9. The number of nitrogens with one attached hydrogen (secondary N) is 1. The second kappa shape index (κ2) is 9.56. The van der Waals surface area contributed by atoms with Gasteiger partial charge < -0.3 is 14.6 Å². The molecule has 2 heterocycles. The summed E-state index contributed by atoms with van der Waals surface area (Å²) in [5.74, 6) is 2.55. The van der Waals surface area contributed by atoms with Crippen LogP contribution < -0.4 is 10.1 Å². The molecule has 0 saturated carbocycles. The lowest BCUT2D eigenvalue weighted by Gasteiger charge is -2.14. The Balaban J connectivity index is 1.58. The number of aryl methyl sites for hydroxylation is 1. The lowest BCUT2D eigenvalue weighted by atomic mass is 10.0. The zero-order valence-electron chi connectivity index (χ0n) is 17.0. The van der Waals surface area contributed by atoms with Gasteiger partial charge in [-0.05, 0) is 42.2 Å². The number of ether oxygens (including phenoxy) is 1. The number of hydrogen-bond acceptors (Lipinski definition) is 6. The summed E-state index contributed by atoms with van der Waals surface area (Å²) in [5, 5.41) is 11.8. The molecule has 3 rings (SSSR count). The fourth-order valence-electron chi connectivity index (χ4n) is 2.73. The number of hydrogen-bond donors (Lipinski definition) is 1. The van der Waals surface area contributed by atoms with E-state index in [1.807, 2.05) is 30.7 Å². The molecular weight excluding hydrogens is 386 g/mol. The minimum absolute atomic E-state index is 0.143. The van der Waals surface area contributed by atoms with Gasteiger partial charge in [0.25, 0.3) is 0 Å². The quantitative estimate of drug-likeness (QED) is 0.565. The van der Waals surface area contributed by atoms with Crippen LogP contribution in [0.15, 0.2) is 47.8 Å². The molecule has 0 fully saturated rings. The van der Waals surface area contributed by atoms with Crippen molar-refractivity contribution in [3.63, 3.8) is 0 Å². The Labute approximate surface area is 174 Å². The summed E-state index contributed by atoms with van der Waals surface area (Å²) in [5.41, 5.74) is 2.32.